The van der Waals surface area contributed by atoms with Crippen LogP contribution in [-0.2, 0) is 9.53 Å². The van der Waals surface area contributed by atoms with Crippen LogP contribution in [0.5, 0.6) is 11.5 Å². The van der Waals surface area contributed by atoms with Crippen LogP contribution in [0.3, 0.4) is 0 Å². The molecule has 0 spiro atoms. The van der Waals surface area contributed by atoms with E-state index in [1.165, 1.54) is 0 Å². The first kappa shape index (κ1) is 20.3. The molecule has 0 aromatic heterocycles. The van der Waals surface area contributed by atoms with Gasteiger partial charge in [-0.1, -0.05) is 23.2 Å². The summed E-state index contributed by atoms with van der Waals surface area (Å²) < 4.78 is 17.3. The molecule has 1 saturated heterocycles. The van der Waals surface area contributed by atoms with Crippen molar-refractivity contribution in [3.05, 3.63) is 50.9 Å². The van der Waals surface area contributed by atoms with Crippen LogP contribution in [0.15, 0.2) is 40.9 Å². The van der Waals surface area contributed by atoms with Crippen LogP contribution in [-0.4, -0.2) is 31.8 Å². The van der Waals surface area contributed by atoms with Gasteiger partial charge in [-0.2, -0.15) is 0 Å². The van der Waals surface area contributed by atoms with Crippen LogP contribution in [0.2, 0.25) is 10.0 Å². The maximum absolute atomic E-state index is 12.1. The topological polar surface area (TPSA) is 56.8 Å². The molecule has 1 aliphatic rings. The lowest BCUT2D eigenvalue weighted by atomic mass is 10.2. The van der Waals surface area contributed by atoms with E-state index in [0.717, 1.165) is 25.2 Å². The van der Waals surface area contributed by atoms with Gasteiger partial charge in [0.15, 0.2) is 12.4 Å². The van der Waals surface area contributed by atoms with Crippen molar-refractivity contribution in [2.45, 2.75) is 18.9 Å². The molecule has 2 aromatic rings. The summed E-state index contributed by atoms with van der Waals surface area (Å²) in [5.41, 5.74) is 0.648. The molecule has 1 unspecified atom stereocenters. The van der Waals surface area contributed by atoms with Gasteiger partial charge in [-0.3, -0.25) is 4.79 Å². The highest BCUT2D eigenvalue weighted by Crippen LogP contribution is 2.36. The summed E-state index contributed by atoms with van der Waals surface area (Å²) in [5.74, 6) is 0.798. The zero-order valence-corrected chi connectivity index (χ0v) is 17.4. The van der Waals surface area contributed by atoms with Gasteiger partial charge in [-0.15, -0.1) is 0 Å². The van der Waals surface area contributed by atoms with Gasteiger partial charge in [0.05, 0.1) is 15.6 Å². The number of amides is 1. The third kappa shape index (κ3) is 6.01. The number of carbonyl (C=O) groups is 1. The van der Waals surface area contributed by atoms with E-state index in [0.29, 0.717) is 32.6 Å². The first-order valence-corrected chi connectivity index (χ1v) is 9.98. The predicted octanol–water partition coefficient (Wildman–Crippen LogP) is 5.33. The predicted molar refractivity (Wildman–Crippen MR) is 109 cm³/mol. The molecule has 144 valence electrons. The van der Waals surface area contributed by atoms with E-state index in [4.69, 9.17) is 37.4 Å². The van der Waals surface area contributed by atoms with Gasteiger partial charge in [-0.05, 0) is 65.2 Å². The van der Waals surface area contributed by atoms with E-state index in [1.807, 2.05) is 0 Å². The van der Waals surface area contributed by atoms with E-state index < -0.39 is 0 Å². The van der Waals surface area contributed by atoms with Crippen molar-refractivity contribution in [1.82, 2.24) is 0 Å². The van der Waals surface area contributed by atoms with Gasteiger partial charge in [0.2, 0.25) is 0 Å². The minimum Gasteiger partial charge on any atom is -0.491 e. The molecule has 2 aromatic carbocycles. The first-order valence-electron chi connectivity index (χ1n) is 8.43. The van der Waals surface area contributed by atoms with E-state index in [1.54, 1.807) is 36.4 Å². The Hall–Kier alpha value is -1.47. The highest BCUT2D eigenvalue weighted by molar-refractivity contribution is 9.10. The molecule has 0 aliphatic carbocycles. The summed E-state index contributed by atoms with van der Waals surface area (Å²) in [5, 5.41) is 3.56. The molecule has 5 nitrogen and oxygen atoms in total. The summed E-state index contributed by atoms with van der Waals surface area (Å²) in [6.45, 7) is 1.16. The van der Waals surface area contributed by atoms with Gasteiger partial charge in [0.25, 0.3) is 5.91 Å². The van der Waals surface area contributed by atoms with Crippen molar-refractivity contribution < 1.29 is 19.0 Å². The summed E-state index contributed by atoms with van der Waals surface area (Å²) in [6, 6.07) is 10.4. The average molecular weight is 475 g/mol. The summed E-state index contributed by atoms with van der Waals surface area (Å²) >= 11 is 15.3. The summed E-state index contributed by atoms with van der Waals surface area (Å²) in [6.07, 6.45) is 2.28. The molecule has 1 heterocycles. The Balaban J connectivity index is 1.47. The second-order valence-corrected chi connectivity index (χ2v) is 7.70. The third-order valence-electron chi connectivity index (χ3n) is 3.91. The fourth-order valence-electron chi connectivity index (χ4n) is 2.60. The van der Waals surface area contributed by atoms with Crippen LogP contribution in [0.25, 0.3) is 0 Å². The van der Waals surface area contributed by atoms with E-state index >= 15 is 0 Å². The minimum atomic E-state index is -0.305. The number of benzene rings is 2. The van der Waals surface area contributed by atoms with Crippen molar-refractivity contribution in [3.8, 4) is 11.5 Å². The Morgan fingerprint density at radius 1 is 1.22 bits per heavy atom. The number of nitrogens with one attached hydrogen (secondary N) is 1. The zero-order valence-electron chi connectivity index (χ0n) is 14.3. The standard InChI is InChI=1S/C19H18BrCl2NO4/c20-16-8-12(21)9-17(22)19(16)27-11-18(24)23-13-3-5-14(6-4-13)26-10-15-2-1-7-25-15/h3-6,8-9,15H,1-2,7,10-11H2,(H,23,24). The van der Waals surface area contributed by atoms with Gasteiger partial charge < -0.3 is 19.5 Å². The molecule has 8 heteroatoms. The van der Waals surface area contributed by atoms with Crippen LogP contribution < -0.4 is 14.8 Å². The number of carbonyl (C=O) groups excluding carboxylic acids is 1. The zero-order chi connectivity index (χ0) is 19.2. The van der Waals surface area contributed by atoms with Gasteiger partial charge >= 0.3 is 0 Å². The molecule has 1 aliphatic heterocycles. The molecule has 1 fully saturated rings. The fraction of sp³-hybridized carbons (Fsp3) is 0.316. The summed E-state index contributed by atoms with van der Waals surface area (Å²) in [4.78, 5) is 12.1. The molecule has 0 saturated carbocycles. The van der Waals surface area contributed by atoms with Gasteiger partial charge in [-0.25, -0.2) is 0 Å². The maximum Gasteiger partial charge on any atom is 0.262 e. The highest BCUT2D eigenvalue weighted by atomic mass is 79.9. The molecule has 3 rings (SSSR count). The molecular weight excluding hydrogens is 457 g/mol. The molecule has 1 atom stereocenters. The average Bonchev–Trinajstić information content (AvgIpc) is 3.14. The Morgan fingerprint density at radius 2 is 2.00 bits per heavy atom. The van der Waals surface area contributed by atoms with E-state index in [2.05, 4.69) is 21.2 Å². The van der Waals surface area contributed by atoms with Crippen molar-refractivity contribution >= 4 is 50.7 Å². The Bertz CT molecular complexity index is 772. The normalized spacial score (nSPS) is 16.2. The smallest absolute Gasteiger partial charge is 0.262 e. The van der Waals surface area contributed by atoms with Crippen molar-refractivity contribution in [3.63, 3.8) is 0 Å². The molecule has 1 amide bonds. The minimum absolute atomic E-state index is 0.167. The number of ether oxygens (including phenoxy) is 3. The number of anilines is 1. The lowest BCUT2D eigenvalue weighted by Crippen LogP contribution is -2.20. The van der Waals surface area contributed by atoms with Gasteiger partial charge in [0.1, 0.15) is 12.4 Å². The lowest BCUT2D eigenvalue weighted by molar-refractivity contribution is -0.118. The fourth-order valence-corrected chi connectivity index (χ4v) is 3.97. The number of hydrogen-bond acceptors (Lipinski definition) is 4. The summed E-state index contributed by atoms with van der Waals surface area (Å²) in [7, 11) is 0. The van der Waals surface area contributed by atoms with Crippen molar-refractivity contribution in [2.75, 3.05) is 25.1 Å². The molecule has 27 heavy (non-hydrogen) atoms. The number of halogens is 3. The van der Waals surface area contributed by atoms with Gasteiger partial charge in [0, 0.05) is 17.3 Å². The molecular formula is C19H18BrCl2NO4. The lowest BCUT2D eigenvalue weighted by Gasteiger charge is -2.13. The van der Waals surface area contributed by atoms with Crippen LogP contribution >= 0.6 is 39.1 Å². The van der Waals surface area contributed by atoms with Crippen LogP contribution in [0.1, 0.15) is 12.8 Å². The largest absolute Gasteiger partial charge is 0.491 e. The second kappa shape index (κ2) is 9.64. The van der Waals surface area contributed by atoms with Crippen molar-refractivity contribution in [2.24, 2.45) is 0 Å². The van der Waals surface area contributed by atoms with Crippen molar-refractivity contribution in [1.29, 1.82) is 0 Å². The molecule has 1 N–H and O–H groups in total. The Morgan fingerprint density at radius 3 is 2.67 bits per heavy atom. The Labute approximate surface area is 176 Å². The third-order valence-corrected chi connectivity index (χ3v) is 5.00. The monoisotopic (exact) mass is 473 g/mol. The maximum atomic E-state index is 12.1. The van der Waals surface area contributed by atoms with E-state index in [9.17, 15) is 4.79 Å². The Kier molecular flexibility index (Phi) is 7.24. The molecule has 0 bridgehead atoms. The van der Waals surface area contributed by atoms with Crippen LogP contribution in [0.4, 0.5) is 5.69 Å². The highest BCUT2D eigenvalue weighted by Gasteiger charge is 2.16. The van der Waals surface area contributed by atoms with Crippen LogP contribution in [0, 0.1) is 0 Å². The molecule has 0 radical (unpaired) electrons. The first-order chi connectivity index (χ1) is 13.0. The van der Waals surface area contributed by atoms with E-state index in [-0.39, 0.29) is 18.6 Å². The number of hydrogen-bond donors (Lipinski definition) is 1. The second-order valence-electron chi connectivity index (χ2n) is 6.01. The number of rotatable bonds is 7. The quantitative estimate of drug-likeness (QED) is 0.589. The SMILES string of the molecule is O=C(COc1c(Cl)cc(Cl)cc1Br)Nc1ccc(OCC2CCCO2)cc1.